The minimum Gasteiger partial charge on any atom is 0 e. The van der Waals surface area contributed by atoms with Crippen LogP contribution in [0.3, 0.4) is 0 Å². The molecule has 0 aliphatic carbocycles. The summed E-state index contributed by atoms with van der Waals surface area (Å²) < 4.78 is 23.9. The van der Waals surface area contributed by atoms with Crippen molar-refractivity contribution in [2.24, 2.45) is 0 Å². The van der Waals surface area contributed by atoms with E-state index in [2.05, 4.69) is 75.5 Å². The van der Waals surface area contributed by atoms with E-state index in [1.807, 2.05) is 51.4 Å². The number of thiophene rings is 1. The molecule has 7 heteroatoms. The molecular weight excluding hydrogens is 778 g/mol. The van der Waals surface area contributed by atoms with Crippen LogP contribution in [0.15, 0.2) is 73.1 Å². The standard InChI is InChI=1S/C18H13N2S.C17H21FGeN.Ir/c1-11-8-9-19-16(10-11)15-5-3-4-13-14-7-6-12(2)20-18(14)21-17(13)15;1-12(2)15-10-17(13-6-8-14(18)9-7-13)20-11-16(15)19(3,4)5;/h3-4,6-10H,1-2H3;6,8-12H,1-5H3;/q2*-1;/i;12D;. The topological polar surface area (TPSA) is 38.7 Å². The minimum atomic E-state index is -2.10. The van der Waals surface area contributed by atoms with Gasteiger partial charge in [-0.15, -0.1) is 23.8 Å². The first-order valence-corrected chi connectivity index (χ1v) is 21.8. The Bertz CT molecular complexity index is 1890. The quantitative estimate of drug-likeness (QED) is 0.132. The first-order valence-electron chi connectivity index (χ1n) is 14.1. The average molecular weight is 814 g/mol. The van der Waals surface area contributed by atoms with Crippen LogP contribution >= 0.6 is 11.3 Å². The van der Waals surface area contributed by atoms with Crippen molar-refractivity contribution in [2.75, 3.05) is 0 Å². The van der Waals surface area contributed by atoms with Crippen molar-refractivity contribution < 1.29 is 25.9 Å². The third-order valence-electron chi connectivity index (χ3n) is 6.91. The first-order chi connectivity index (χ1) is 19.8. The van der Waals surface area contributed by atoms with Crippen molar-refractivity contribution in [3.05, 3.63) is 108 Å². The van der Waals surface area contributed by atoms with Gasteiger partial charge in [0.15, 0.2) is 0 Å². The molecule has 0 bridgehead atoms. The van der Waals surface area contributed by atoms with E-state index in [1.54, 1.807) is 17.4 Å². The molecule has 4 aromatic heterocycles. The van der Waals surface area contributed by atoms with Crippen LogP contribution in [0.1, 0.15) is 37.9 Å². The van der Waals surface area contributed by atoms with E-state index in [-0.39, 0.29) is 25.9 Å². The Morgan fingerprint density at radius 2 is 1.71 bits per heavy atom. The van der Waals surface area contributed by atoms with Crippen molar-refractivity contribution in [1.29, 1.82) is 0 Å². The van der Waals surface area contributed by atoms with Gasteiger partial charge in [-0.25, -0.2) is 4.98 Å². The second-order valence-corrected chi connectivity index (χ2v) is 23.1. The number of pyridine rings is 3. The van der Waals surface area contributed by atoms with E-state index >= 15 is 0 Å². The van der Waals surface area contributed by atoms with E-state index < -0.39 is 19.2 Å². The zero-order valence-electron chi connectivity index (χ0n) is 25.9. The summed E-state index contributed by atoms with van der Waals surface area (Å²) in [6.07, 6.45) is 3.77. The molecule has 0 spiro atoms. The molecule has 0 aliphatic rings. The van der Waals surface area contributed by atoms with Gasteiger partial charge in [0.25, 0.3) is 0 Å². The number of hydrogen-bond acceptors (Lipinski definition) is 4. The van der Waals surface area contributed by atoms with E-state index in [0.29, 0.717) is 0 Å². The van der Waals surface area contributed by atoms with Gasteiger partial charge in [0.2, 0.25) is 0 Å². The second kappa shape index (κ2) is 13.3. The monoisotopic (exact) mass is 815 g/mol. The number of rotatable bonds is 4. The first kappa shape index (κ1) is 30.7. The molecule has 217 valence electrons. The summed E-state index contributed by atoms with van der Waals surface area (Å²) >= 11 is -0.376. The van der Waals surface area contributed by atoms with Gasteiger partial charge in [0, 0.05) is 32.0 Å². The molecule has 1 radical (unpaired) electrons. The summed E-state index contributed by atoms with van der Waals surface area (Å²) in [6, 6.07) is 25.1. The maximum atomic E-state index is 13.0. The average Bonchev–Trinajstić information content (AvgIpc) is 3.30. The number of nitrogens with zero attached hydrogens (tertiary/aromatic N) is 3. The number of halogens is 1. The zero-order chi connectivity index (χ0) is 30.2. The summed E-state index contributed by atoms with van der Waals surface area (Å²) in [5.41, 5.74) is 6.84. The van der Waals surface area contributed by atoms with E-state index in [9.17, 15) is 4.39 Å². The van der Waals surface area contributed by atoms with Crippen molar-refractivity contribution in [3.8, 4) is 22.5 Å². The van der Waals surface area contributed by atoms with Crippen LogP contribution in [0.25, 0.3) is 42.8 Å². The summed E-state index contributed by atoms with van der Waals surface area (Å²) in [6.45, 7) is 7.91. The molecule has 0 N–H and O–H groups in total. The molecule has 0 fully saturated rings. The SMILES string of the molecule is Cc1ccnc(-c2[c-]ccc3c2sc2nc(C)ccc23)c1.[2H]C(C)(C)c1cc(-c2[c-]cc(F)cc2)nc[c]1[Ge]([CH3])([CH3])[CH3].[Ir]. The Kier molecular flexibility index (Phi) is 9.68. The third kappa shape index (κ3) is 7.06. The van der Waals surface area contributed by atoms with Crippen molar-refractivity contribution in [1.82, 2.24) is 15.0 Å². The summed E-state index contributed by atoms with van der Waals surface area (Å²) in [7, 11) is 0. The van der Waals surface area contributed by atoms with E-state index in [1.165, 1.54) is 37.6 Å². The fraction of sp³-hybridized carbons (Fsp3) is 0.229. The van der Waals surface area contributed by atoms with Crippen LogP contribution in [0.4, 0.5) is 4.39 Å². The molecule has 0 saturated carbocycles. The van der Waals surface area contributed by atoms with Gasteiger partial charge in [-0.05, 0) is 41.8 Å². The Labute approximate surface area is 269 Å². The molecule has 6 rings (SSSR count). The summed E-state index contributed by atoms with van der Waals surface area (Å²) in [5.74, 6) is 5.93. The van der Waals surface area contributed by atoms with Crippen LogP contribution in [0.2, 0.25) is 17.3 Å². The summed E-state index contributed by atoms with van der Waals surface area (Å²) in [5, 5.41) is 2.45. The predicted octanol–water partition coefficient (Wildman–Crippen LogP) is 9.28. The number of hydrogen-bond donors (Lipinski definition) is 0. The van der Waals surface area contributed by atoms with Gasteiger partial charge < -0.3 is 4.98 Å². The minimum absolute atomic E-state index is 0. The van der Waals surface area contributed by atoms with Crippen LogP contribution in [-0.4, -0.2) is 28.2 Å². The molecule has 4 heterocycles. The van der Waals surface area contributed by atoms with Gasteiger partial charge in [0.05, 0.1) is 0 Å². The van der Waals surface area contributed by atoms with Crippen molar-refractivity contribution in [3.63, 3.8) is 0 Å². The fourth-order valence-corrected chi connectivity index (χ4v) is 9.30. The maximum absolute atomic E-state index is 13.0. The fourth-order valence-electron chi connectivity index (χ4n) is 4.76. The number of benzene rings is 2. The van der Waals surface area contributed by atoms with Gasteiger partial charge >= 0.3 is 125 Å². The molecule has 0 saturated heterocycles. The Hall–Kier alpha value is -2.77. The van der Waals surface area contributed by atoms with Crippen LogP contribution in [-0.2, 0) is 20.1 Å². The van der Waals surface area contributed by atoms with Crippen LogP contribution < -0.4 is 4.40 Å². The maximum Gasteiger partial charge on any atom is 0 e. The Morgan fingerprint density at radius 3 is 2.38 bits per heavy atom. The van der Waals surface area contributed by atoms with Gasteiger partial charge in [-0.3, -0.25) is 0 Å². The van der Waals surface area contributed by atoms with Gasteiger partial charge in [-0.1, -0.05) is 23.1 Å². The smallest absolute Gasteiger partial charge is 0 e. The normalized spacial score (nSPS) is 12.0. The molecule has 0 atom stereocenters. The molecule has 2 aromatic carbocycles. The van der Waals surface area contributed by atoms with Crippen molar-refractivity contribution >= 4 is 49.3 Å². The Morgan fingerprint density at radius 1 is 0.929 bits per heavy atom. The van der Waals surface area contributed by atoms with Crippen LogP contribution in [0.5, 0.6) is 0 Å². The van der Waals surface area contributed by atoms with E-state index in [0.717, 1.165) is 38.6 Å². The third-order valence-corrected chi connectivity index (χ3v) is 12.3. The Balaban J connectivity index is 0.000000192. The van der Waals surface area contributed by atoms with Gasteiger partial charge in [0.1, 0.15) is 4.83 Å². The molecule has 6 aromatic rings. The van der Waals surface area contributed by atoms with E-state index in [4.69, 9.17) is 1.37 Å². The molecule has 0 amide bonds. The van der Waals surface area contributed by atoms with Crippen LogP contribution in [0, 0.1) is 31.8 Å². The molecule has 42 heavy (non-hydrogen) atoms. The largest absolute Gasteiger partial charge is 0 e. The molecular formula is C35H34FGeIrN3S-2. The number of aromatic nitrogens is 3. The second-order valence-electron chi connectivity index (χ2n) is 11.5. The molecule has 0 aliphatic heterocycles. The van der Waals surface area contributed by atoms with Gasteiger partial charge in [-0.2, -0.15) is 11.3 Å². The molecule has 0 unspecified atom stereocenters. The molecule has 3 nitrogen and oxygen atoms in total. The predicted molar refractivity (Wildman–Crippen MR) is 174 cm³/mol. The summed E-state index contributed by atoms with van der Waals surface area (Å²) in [4.78, 5) is 14.8. The zero-order valence-corrected chi connectivity index (χ0v) is 30.2. The number of aryl methyl sites for hydroxylation is 2. The van der Waals surface area contributed by atoms with Crippen molar-refractivity contribution in [2.45, 2.75) is 50.9 Å². The number of fused-ring (bicyclic) bond motifs is 3.